The fraction of sp³-hybridized carbons (Fsp3) is 0.714. The smallest absolute Gasteiger partial charge is 0.134 e. The molecule has 0 atom stereocenters. The molecule has 1 rings (SSSR count). The molecular formula is C14H26N4. The molecule has 4 nitrogen and oxygen atoms in total. The van der Waals surface area contributed by atoms with Gasteiger partial charge in [0, 0.05) is 18.7 Å². The SMILES string of the molecule is CCCNc1ncnc(NCCC(C)(C)C)c1C. The van der Waals surface area contributed by atoms with Crippen LogP contribution in [0.1, 0.15) is 46.1 Å². The van der Waals surface area contributed by atoms with Gasteiger partial charge < -0.3 is 10.6 Å². The van der Waals surface area contributed by atoms with Crippen molar-refractivity contribution in [2.75, 3.05) is 23.7 Å². The van der Waals surface area contributed by atoms with E-state index in [0.29, 0.717) is 5.41 Å². The van der Waals surface area contributed by atoms with Crippen molar-refractivity contribution in [3.63, 3.8) is 0 Å². The van der Waals surface area contributed by atoms with Gasteiger partial charge in [-0.1, -0.05) is 27.7 Å². The topological polar surface area (TPSA) is 49.8 Å². The normalized spacial score (nSPS) is 11.4. The summed E-state index contributed by atoms with van der Waals surface area (Å²) in [4.78, 5) is 8.58. The van der Waals surface area contributed by atoms with Crippen molar-refractivity contribution in [3.8, 4) is 0 Å². The molecule has 0 fully saturated rings. The first-order chi connectivity index (χ1) is 8.44. The summed E-state index contributed by atoms with van der Waals surface area (Å²) in [6, 6.07) is 0. The van der Waals surface area contributed by atoms with Crippen LogP contribution in [0.3, 0.4) is 0 Å². The lowest BCUT2D eigenvalue weighted by molar-refractivity contribution is 0.389. The highest BCUT2D eigenvalue weighted by atomic mass is 15.1. The van der Waals surface area contributed by atoms with Gasteiger partial charge in [-0.05, 0) is 25.2 Å². The van der Waals surface area contributed by atoms with E-state index in [2.05, 4.69) is 55.2 Å². The molecule has 0 saturated heterocycles. The van der Waals surface area contributed by atoms with Crippen molar-refractivity contribution in [1.82, 2.24) is 9.97 Å². The van der Waals surface area contributed by atoms with Crippen molar-refractivity contribution >= 4 is 11.6 Å². The summed E-state index contributed by atoms with van der Waals surface area (Å²) >= 11 is 0. The van der Waals surface area contributed by atoms with E-state index in [1.165, 1.54) is 0 Å². The Morgan fingerprint density at radius 2 is 1.61 bits per heavy atom. The minimum absolute atomic E-state index is 0.344. The van der Waals surface area contributed by atoms with Gasteiger partial charge in [0.25, 0.3) is 0 Å². The van der Waals surface area contributed by atoms with Gasteiger partial charge in [0.05, 0.1) is 0 Å². The van der Waals surface area contributed by atoms with Gasteiger partial charge in [0.2, 0.25) is 0 Å². The van der Waals surface area contributed by atoms with Gasteiger partial charge in [0.15, 0.2) is 0 Å². The summed E-state index contributed by atoms with van der Waals surface area (Å²) in [5, 5.41) is 6.71. The molecule has 18 heavy (non-hydrogen) atoms. The number of hydrogen-bond acceptors (Lipinski definition) is 4. The van der Waals surface area contributed by atoms with Gasteiger partial charge in [-0.15, -0.1) is 0 Å². The Bertz CT molecular complexity index is 369. The molecule has 0 unspecified atom stereocenters. The third kappa shape index (κ3) is 4.90. The average Bonchev–Trinajstić information content (AvgIpc) is 2.28. The molecule has 0 aliphatic heterocycles. The fourth-order valence-corrected chi connectivity index (χ4v) is 1.61. The standard InChI is InChI=1S/C14H26N4/c1-6-8-15-12-11(2)13(18-10-17-12)16-9-7-14(3,4)5/h10H,6-9H2,1-5H3,(H2,15,16,17,18). The van der Waals surface area contributed by atoms with Crippen molar-refractivity contribution in [3.05, 3.63) is 11.9 Å². The molecule has 1 aromatic rings. The number of rotatable bonds is 6. The zero-order valence-corrected chi connectivity index (χ0v) is 12.3. The van der Waals surface area contributed by atoms with E-state index in [-0.39, 0.29) is 0 Å². The molecule has 2 N–H and O–H groups in total. The van der Waals surface area contributed by atoms with Crippen LogP contribution in [0.25, 0.3) is 0 Å². The third-order valence-electron chi connectivity index (χ3n) is 2.79. The highest BCUT2D eigenvalue weighted by Crippen LogP contribution is 2.21. The van der Waals surface area contributed by atoms with Crippen molar-refractivity contribution in [2.45, 2.75) is 47.5 Å². The van der Waals surface area contributed by atoms with Crippen LogP contribution in [0.15, 0.2) is 6.33 Å². The molecule has 0 bridgehead atoms. The summed E-state index contributed by atoms with van der Waals surface area (Å²) in [6.45, 7) is 12.8. The van der Waals surface area contributed by atoms with Gasteiger partial charge in [-0.3, -0.25) is 0 Å². The van der Waals surface area contributed by atoms with Crippen molar-refractivity contribution < 1.29 is 0 Å². The van der Waals surface area contributed by atoms with E-state index in [0.717, 1.165) is 43.1 Å². The highest BCUT2D eigenvalue weighted by molar-refractivity contribution is 5.56. The Hall–Kier alpha value is -1.32. The lowest BCUT2D eigenvalue weighted by atomic mass is 9.92. The van der Waals surface area contributed by atoms with Gasteiger partial charge in [-0.2, -0.15) is 0 Å². The maximum atomic E-state index is 4.30. The Kier molecular flexibility index (Phi) is 5.38. The lowest BCUT2D eigenvalue weighted by Gasteiger charge is -2.19. The summed E-state index contributed by atoms with van der Waals surface area (Å²) in [7, 11) is 0. The Morgan fingerprint density at radius 3 is 2.11 bits per heavy atom. The molecule has 0 spiro atoms. The molecular weight excluding hydrogens is 224 g/mol. The number of nitrogens with one attached hydrogen (secondary N) is 2. The zero-order valence-electron chi connectivity index (χ0n) is 12.3. The number of hydrogen-bond donors (Lipinski definition) is 2. The Balaban J connectivity index is 2.60. The number of anilines is 2. The van der Waals surface area contributed by atoms with Crippen molar-refractivity contribution in [2.24, 2.45) is 5.41 Å². The molecule has 0 amide bonds. The summed E-state index contributed by atoms with van der Waals surface area (Å²) in [5.74, 6) is 1.87. The molecule has 1 heterocycles. The van der Waals surface area contributed by atoms with Crippen LogP contribution in [-0.4, -0.2) is 23.1 Å². The first-order valence-electron chi connectivity index (χ1n) is 6.73. The molecule has 1 aromatic heterocycles. The number of aromatic nitrogens is 2. The quantitative estimate of drug-likeness (QED) is 0.812. The van der Waals surface area contributed by atoms with Crippen LogP contribution < -0.4 is 10.6 Å². The molecule has 4 heteroatoms. The van der Waals surface area contributed by atoms with Crippen LogP contribution in [0, 0.1) is 12.3 Å². The molecule has 0 aliphatic rings. The second-order valence-electron chi connectivity index (χ2n) is 5.86. The van der Waals surface area contributed by atoms with E-state index in [4.69, 9.17) is 0 Å². The summed E-state index contributed by atoms with van der Waals surface area (Å²) < 4.78 is 0. The largest absolute Gasteiger partial charge is 0.370 e. The second kappa shape index (κ2) is 6.57. The van der Waals surface area contributed by atoms with Crippen LogP contribution in [0.4, 0.5) is 11.6 Å². The minimum Gasteiger partial charge on any atom is -0.370 e. The lowest BCUT2D eigenvalue weighted by Crippen LogP contribution is -2.15. The summed E-state index contributed by atoms with van der Waals surface area (Å²) in [6.07, 6.45) is 3.83. The van der Waals surface area contributed by atoms with Crippen LogP contribution >= 0.6 is 0 Å². The first kappa shape index (κ1) is 14.7. The monoisotopic (exact) mass is 250 g/mol. The molecule has 102 valence electrons. The predicted molar refractivity (Wildman–Crippen MR) is 78.1 cm³/mol. The summed E-state index contributed by atoms with van der Waals surface area (Å²) in [5.41, 5.74) is 1.44. The van der Waals surface area contributed by atoms with Gasteiger partial charge in [0.1, 0.15) is 18.0 Å². The molecule has 0 radical (unpaired) electrons. The fourth-order valence-electron chi connectivity index (χ4n) is 1.61. The third-order valence-corrected chi connectivity index (χ3v) is 2.79. The zero-order chi connectivity index (χ0) is 13.6. The molecule has 0 saturated carbocycles. The van der Waals surface area contributed by atoms with Crippen molar-refractivity contribution in [1.29, 1.82) is 0 Å². The predicted octanol–water partition coefficient (Wildman–Crippen LogP) is 3.46. The minimum atomic E-state index is 0.344. The van der Waals surface area contributed by atoms with E-state index < -0.39 is 0 Å². The maximum Gasteiger partial charge on any atom is 0.134 e. The van der Waals surface area contributed by atoms with E-state index in [1.807, 2.05) is 0 Å². The average molecular weight is 250 g/mol. The Morgan fingerprint density at radius 1 is 1.06 bits per heavy atom. The van der Waals surface area contributed by atoms with Crippen LogP contribution in [0.5, 0.6) is 0 Å². The van der Waals surface area contributed by atoms with Gasteiger partial charge in [-0.25, -0.2) is 9.97 Å². The maximum absolute atomic E-state index is 4.30. The van der Waals surface area contributed by atoms with Crippen LogP contribution in [-0.2, 0) is 0 Å². The molecule has 0 aromatic carbocycles. The first-order valence-corrected chi connectivity index (χ1v) is 6.73. The second-order valence-corrected chi connectivity index (χ2v) is 5.86. The van der Waals surface area contributed by atoms with Gasteiger partial charge >= 0.3 is 0 Å². The van der Waals surface area contributed by atoms with E-state index in [1.54, 1.807) is 6.33 Å². The van der Waals surface area contributed by atoms with Crippen LogP contribution in [0.2, 0.25) is 0 Å². The molecule has 0 aliphatic carbocycles. The number of nitrogens with zero attached hydrogens (tertiary/aromatic N) is 2. The Labute approximate surface area is 111 Å². The highest BCUT2D eigenvalue weighted by Gasteiger charge is 2.11. The van der Waals surface area contributed by atoms with E-state index >= 15 is 0 Å². The van der Waals surface area contributed by atoms with E-state index in [9.17, 15) is 0 Å².